The lowest BCUT2D eigenvalue weighted by atomic mass is 10.1. The van der Waals surface area contributed by atoms with Gasteiger partial charge in [-0.1, -0.05) is 17.7 Å². The molecule has 2 saturated heterocycles. The van der Waals surface area contributed by atoms with Crippen LogP contribution in [0.4, 0.5) is 5.69 Å². The highest BCUT2D eigenvalue weighted by Crippen LogP contribution is 2.28. The molecular formula is C19H27Cl2N3O3. The van der Waals surface area contributed by atoms with Crippen LogP contribution in [0.15, 0.2) is 24.3 Å². The number of carbonyl (C=O) groups is 2. The zero-order valence-electron chi connectivity index (χ0n) is 15.5. The molecule has 1 aromatic carbocycles. The SMILES string of the molecule is CN(CC(=O)O)C1CCCN(C2CCN(c3cccc(Cl)c3)C2=O)CC1.Cl. The Morgan fingerprint density at radius 3 is 2.74 bits per heavy atom. The van der Waals surface area contributed by atoms with E-state index in [4.69, 9.17) is 16.7 Å². The molecule has 2 fully saturated rings. The van der Waals surface area contributed by atoms with Crippen molar-refractivity contribution in [2.24, 2.45) is 0 Å². The zero-order chi connectivity index (χ0) is 18.7. The standard InChI is InChI=1S/C19H26ClN3O3.ClH/c1-21(13-18(24)25)15-6-3-9-22(10-7-15)17-8-11-23(19(17)26)16-5-2-4-14(20)12-16;/h2,4-5,12,15,17H,3,6-11,13H2,1H3,(H,24,25);1H. The van der Waals surface area contributed by atoms with Crippen LogP contribution in [0.1, 0.15) is 25.7 Å². The lowest BCUT2D eigenvalue weighted by Crippen LogP contribution is -2.43. The lowest BCUT2D eigenvalue weighted by molar-refractivity contribution is -0.138. The Kier molecular flexibility index (Phi) is 7.91. The summed E-state index contributed by atoms with van der Waals surface area (Å²) in [5.74, 6) is -0.652. The van der Waals surface area contributed by atoms with Crippen LogP contribution in [0.2, 0.25) is 5.02 Å². The second-order valence-corrected chi connectivity index (χ2v) is 7.64. The number of likely N-dealkylation sites (tertiary alicyclic amines) is 1. The number of amides is 1. The van der Waals surface area contributed by atoms with Crippen LogP contribution in [0.5, 0.6) is 0 Å². The van der Waals surface area contributed by atoms with Gasteiger partial charge in [0.25, 0.3) is 0 Å². The van der Waals surface area contributed by atoms with Crippen LogP contribution < -0.4 is 4.90 Å². The number of benzene rings is 1. The summed E-state index contributed by atoms with van der Waals surface area (Å²) in [5, 5.41) is 9.63. The summed E-state index contributed by atoms with van der Waals surface area (Å²) in [6, 6.07) is 7.61. The van der Waals surface area contributed by atoms with E-state index in [1.807, 2.05) is 41.1 Å². The van der Waals surface area contributed by atoms with Crippen molar-refractivity contribution in [2.45, 2.75) is 37.8 Å². The second-order valence-electron chi connectivity index (χ2n) is 7.20. The highest BCUT2D eigenvalue weighted by atomic mass is 35.5. The van der Waals surface area contributed by atoms with E-state index in [1.54, 1.807) is 0 Å². The van der Waals surface area contributed by atoms with Crippen LogP contribution in [0.3, 0.4) is 0 Å². The molecule has 0 aromatic heterocycles. The number of hydrogen-bond acceptors (Lipinski definition) is 4. The van der Waals surface area contributed by atoms with Gasteiger partial charge in [0, 0.05) is 29.8 Å². The molecule has 8 heteroatoms. The Bertz CT molecular complexity index is 673. The summed E-state index contributed by atoms with van der Waals surface area (Å²) in [6.45, 7) is 2.49. The summed E-state index contributed by atoms with van der Waals surface area (Å²) in [5.41, 5.74) is 0.860. The molecule has 1 amide bonds. The molecule has 0 bridgehead atoms. The highest BCUT2D eigenvalue weighted by molar-refractivity contribution is 6.31. The zero-order valence-corrected chi connectivity index (χ0v) is 17.1. The monoisotopic (exact) mass is 415 g/mol. The van der Waals surface area contributed by atoms with Gasteiger partial charge >= 0.3 is 5.97 Å². The molecule has 2 unspecified atom stereocenters. The van der Waals surface area contributed by atoms with E-state index in [0.29, 0.717) is 11.6 Å². The molecule has 3 rings (SSSR count). The Labute approximate surface area is 171 Å². The lowest BCUT2D eigenvalue weighted by Gasteiger charge is -2.28. The summed E-state index contributed by atoms with van der Waals surface area (Å²) in [6.07, 6.45) is 3.67. The second kappa shape index (κ2) is 9.73. The Hall–Kier alpha value is -1.34. The third-order valence-electron chi connectivity index (χ3n) is 5.48. The molecule has 0 spiro atoms. The first-order valence-corrected chi connectivity index (χ1v) is 9.56. The first-order chi connectivity index (χ1) is 12.5. The van der Waals surface area contributed by atoms with Gasteiger partial charge in [0.1, 0.15) is 0 Å². The van der Waals surface area contributed by atoms with Gasteiger partial charge < -0.3 is 10.0 Å². The first-order valence-electron chi connectivity index (χ1n) is 9.18. The van der Waals surface area contributed by atoms with Gasteiger partial charge in [0.15, 0.2) is 0 Å². The summed E-state index contributed by atoms with van der Waals surface area (Å²) < 4.78 is 0. The van der Waals surface area contributed by atoms with E-state index in [1.165, 1.54) is 0 Å². The van der Waals surface area contributed by atoms with Gasteiger partial charge in [-0.15, -0.1) is 12.4 Å². The molecule has 2 aliphatic rings. The molecular weight excluding hydrogens is 389 g/mol. The number of anilines is 1. The average molecular weight is 416 g/mol. The smallest absolute Gasteiger partial charge is 0.317 e. The number of nitrogens with zero attached hydrogens (tertiary/aromatic N) is 3. The van der Waals surface area contributed by atoms with Crippen molar-refractivity contribution in [1.29, 1.82) is 0 Å². The van der Waals surface area contributed by atoms with Crippen LogP contribution in [-0.4, -0.2) is 72.1 Å². The van der Waals surface area contributed by atoms with Crippen molar-refractivity contribution >= 4 is 41.6 Å². The topological polar surface area (TPSA) is 64.1 Å². The van der Waals surface area contributed by atoms with Gasteiger partial charge in [0.2, 0.25) is 5.91 Å². The maximum atomic E-state index is 12.9. The van der Waals surface area contributed by atoms with Gasteiger partial charge in [-0.3, -0.25) is 19.4 Å². The minimum atomic E-state index is -0.795. The predicted molar refractivity (Wildman–Crippen MR) is 109 cm³/mol. The summed E-state index contributed by atoms with van der Waals surface area (Å²) >= 11 is 6.06. The first kappa shape index (κ1) is 22.0. The molecule has 0 saturated carbocycles. The molecule has 27 heavy (non-hydrogen) atoms. The molecule has 150 valence electrons. The van der Waals surface area contributed by atoms with Crippen molar-refractivity contribution < 1.29 is 14.7 Å². The maximum absolute atomic E-state index is 12.9. The number of likely N-dealkylation sites (N-methyl/N-ethyl adjacent to an activating group) is 1. The summed E-state index contributed by atoms with van der Waals surface area (Å²) in [7, 11) is 1.87. The van der Waals surface area contributed by atoms with Crippen LogP contribution in [0.25, 0.3) is 0 Å². The molecule has 2 atom stereocenters. The van der Waals surface area contributed by atoms with E-state index in [0.717, 1.165) is 44.5 Å². The number of aliphatic carboxylic acids is 1. The third-order valence-corrected chi connectivity index (χ3v) is 5.71. The van der Waals surface area contributed by atoms with E-state index in [-0.39, 0.29) is 36.9 Å². The molecule has 6 nitrogen and oxygen atoms in total. The fraction of sp³-hybridized carbons (Fsp3) is 0.579. The predicted octanol–water partition coefficient (Wildman–Crippen LogP) is 2.74. The number of carboxylic acid groups (broad SMARTS) is 1. The highest BCUT2D eigenvalue weighted by Gasteiger charge is 2.37. The minimum absolute atomic E-state index is 0. The normalized spacial score (nSPS) is 24.0. The van der Waals surface area contributed by atoms with Crippen molar-refractivity contribution in [3.63, 3.8) is 0 Å². The molecule has 0 aliphatic carbocycles. The van der Waals surface area contributed by atoms with E-state index < -0.39 is 5.97 Å². The number of rotatable bonds is 5. The number of carboxylic acids is 1. The number of hydrogen-bond donors (Lipinski definition) is 1. The Balaban J connectivity index is 0.00000261. The van der Waals surface area contributed by atoms with Gasteiger partial charge in [-0.25, -0.2) is 0 Å². The van der Waals surface area contributed by atoms with Crippen molar-refractivity contribution in [3.8, 4) is 0 Å². The van der Waals surface area contributed by atoms with Crippen LogP contribution in [-0.2, 0) is 9.59 Å². The summed E-state index contributed by atoms with van der Waals surface area (Å²) in [4.78, 5) is 29.9. The van der Waals surface area contributed by atoms with Gasteiger partial charge in [-0.2, -0.15) is 0 Å². The minimum Gasteiger partial charge on any atom is -0.480 e. The Morgan fingerprint density at radius 1 is 1.26 bits per heavy atom. The molecule has 0 radical (unpaired) electrons. The van der Waals surface area contributed by atoms with Crippen LogP contribution >= 0.6 is 24.0 Å². The van der Waals surface area contributed by atoms with E-state index in [2.05, 4.69) is 4.90 Å². The fourth-order valence-electron chi connectivity index (χ4n) is 4.10. The third kappa shape index (κ3) is 5.35. The van der Waals surface area contributed by atoms with Crippen molar-refractivity contribution in [3.05, 3.63) is 29.3 Å². The van der Waals surface area contributed by atoms with Crippen molar-refractivity contribution in [1.82, 2.24) is 9.80 Å². The molecule has 2 heterocycles. The fourth-order valence-corrected chi connectivity index (χ4v) is 4.28. The Morgan fingerprint density at radius 2 is 2.04 bits per heavy atom. The van der Waals surface area contributed by atoms with Crippen LogP contribution in [0, 0.1) is 0 Å². The van der Waals surface area contributed by atoms with E-state index >= 15 is 0 Å². The largest absolute Gasteiger partial charge is 0.480 e. The number of halogens is 2. The molecule has 1 aromatic rings. The molecule has 2 aliphatic heterocycles. The average Bonchev–Trinajstić information content (AvgIpc) is 2.80. The van der Waals surface area contributed by atoms with Gasteiger partial charge in [-0.05, 0) is 57.5 Å². The molecule has 1 N–H and O–H groups in total. The number of carbonyl (C=O) groups excluding carboxylic acids is 1. The quantitative estimate of drug-likeness (QED) is 0.800. The maximum Gasteiger partial charge on any atom is 0.317 e. The van der Waals surface area contributed by atoms with E-state index in [9.17, 15) is 9.59 Å². The van der Waals surface area contributed by atoms with Crippen molar-refractivity contribution in [2.75, 3.05) is 38.1 Å². The van der Waals surface area contributed by atoms with Gasteiger partial charge in [0.05, 0.1) is 12.6 Å².